The molecule has 1 N–H and O–H groups in total. The summed E-state index contributed by atoms with van der Waals surface area (Å²) in [4.78, 5) is 11.8. The van der Waals surface area contributed by atoms with E-state index in [9.17, 15) is 4.79 Å². The molecule has 1 aromatic carbocycles. The van der Waals surface area contributed by atoms with Gasteiger partial charge >= 0.3 is 0 Å². The fourth-order valence-corrected chi connectivity index (χ4v) is 1.35. The molecule has 4 nitrogen and oxygen atoms in total. The first-order valence-corrected chi connectivity index (χ1v) is 6.07. The van der Waals surface area contributed by atoms with Crippen molar-refractivity contribution in [1.29, 1.82) is 0 Å². The minimum absolute atomic E-state index is 0.208. The van der Waals surface area contributed by atoms with Gasteiger partial charge in [0.25, 0.3) is 5.91 Å². The van der Waals surface area contributed by atoms with Gasteiger partial charge in [-0.1, -0.05) is 13.8 Å². The van der Waals surface area contributed by atoms with Gasteiger partial charge in [0.15, 0.2) is 0 Å². The Bertz CT molecular complexity index is 424. The van der Waals surface area contributed by atoms with Crippen LogP contribution in [-0.2, 0) is 0 Å². The monoisotopic (exact) mass is 248 g/mol. The van der Waals surface area contributed by atoms with E-state index in [-0.39, 0.29) is 5.91 Å². The average molecular weight is 248 g/mol. The molecule has 0 aromatic heterocycles. The molecule has 1 amide bonds. The van der Waals surface area contributed by atoms with Crippen molar-refractivity contribution >= 4 is 11.6 Å². The quantitative estimate of drug-likeness (QED) is 0.643. The van der Waals surface area contributed by atoms with E-state index in [4.69, 9.17) is 4.74 Å². The Morgan fingerprint density at radius 3 is 2.50 bits per heavy atom. The van der Waals surface area contributed by atoms with Crippen LogP contribution in [0.25, 0.3) is 0 Å². The van der Waals surface area contributed by atoms with E-state index < -0.39 is 0 Å². The van der Waals surface area contributed by atoms with Crippen molar-refractivity contribution in [3.8, 4) is 5.75 Å². The summed E-state index contributed by atoms with van der Waals surface area (Å²) in [6.07, 6.45) is 1.01. The summed E-state index contributed by atoms with van der Waals surface area (Å²) >= 11 is 0. The maximum atomic E-state index is 11.8. The van der Waals surface area contributed by atoms with Crippen molar-refractivity contribution in [2.24, 2.45) is 11.0 Å². The van der Waals surface area contributed by atoms with Crippen LogP contribution in [0, 0.1) is 5.92 Å². The van der Waals surface area contributed by atoms with Crippen molar-refractivity contribution in [2.45, 2.75) is 27.2 Å². The van der Waals surface area contributed by atoms with E-state index in [1.54, 1.807) is 31.4 Å². The van der Waals surface area contributed by atoms with Crippen LogP contribution >= 0.6 is 0 Å². The Kier molecular flexibility index (Phi) is 5.36. The first-order chi connectivity index (χ1) is 8.58. The van der Waals surface area contributed by atoms with Gasteiger partial charge < -0.3 is 4.74 Å². The second kappa shape index (κ2) is 6.79. The molecular formula is C14H20N2O2. The third-order valence-electron chi connectivity index (χ3n) is 3.01. The number of amides is 1. The van der Waals surface area contributed by atoms with Crippen LogP contribution in [0.5, 0.6) is 5.75 Å². The molecule has 0 spiro atoms. The van der Waals surface area contributed by atoms with E-state index in [1.807, 2.05) is 6.92 Å². The number of rotatable bonds is 5. The summed E-state index contributed by atoms with van der Waals surface area (Å²) in [7, 11) is 1.59. The lowest BCUT2D eigenvalue weighted by Crippen LogP contribution is -2.20. The van der Waals surface area contributed by atoms with Gasteiger partial charge in [-0.05, 0) is 43.5 Å². The average Bonchev–Trinajstić information content (AvgIpc) is 2.43. The van der Waals surface area contributed by atoms with Gasteiger partial charge in [-0.2, -0.15) is 5.10 Å². The van der Waals surface area contributed by atoms with Gasteiger partial charge in [0, 0.05) is 11.3 Å². The van der Waals surface area contributed by atoms with E-state index in [0.29, 0.717) is 11.5 Å². The molecule has 98 valence electrons. The molecule has 0 bridgehead atoms. The molecule has 0 saturated carbocycles. The van der Waals surface area contributed by atoms with Gasteiger partial charge in [-0.15, -0.1) is 0 Å². The van der Waals surface area contributed by atoms with Crippen LogP contribution in [0.15, 0.2) is 29.4 Å². The van der Waals surface area contributed by atoms with Gasteiger partial charge in [-0.25, -0.2) is 5.43 Å². The lowest BCUT2D eigenvalue weighted by molar-refractivity contribution is 0.0954. The van der Waals surface area contributed by atoms with Crippen molar-refractivity contribution in [1.82, 2.24) is 5.43 Å². The van der Waals surface area contributed by atoms with Crippen LogP contribution in [0.3, 0.4) is 0 Å². The van der Waals surface area contributed by atoms with Crippen molar-refractivity contribution in [3.05, 3.63) is 29.8 Å². The van der Waals surface area contributed by atoms with Gasteiger partial charge in [0.05, 0.1) is 7.11 Å². The van der Waals surface area contributed by atoms with Crippen LogP contribution < -0.4 is 10.2 Å². The number of carbonyl (C=O) groups excluding carboxylic acids is 1. The molecular weight excluding hydrogens is 228 g/mol. The summed E-state index contributed by atoms with van der Waals surface area (Å²) in [5.74, 6) is 0.896. The third kappa shape index (κ3) is 3.87. The number of methoxy groups -OCH3 is 1. The lowest BCUT2D eigenvalue weighted by Gasteiger charge is -2.08. The highest BCUT2D eigenvalue weighted by molar-refractivity contribution is 5.95. The Balaban J connectivity index is 2.65. The van der Waals surface area contributed by atoms with Crippen LogP contribution in [0.1, 0.15) is 37.6 Å². The molecule has 0 aliphatic carbocycles. The number of hydrogen-bond acceptors (Lipinski definition) is 3. The molecule has 0 saturated heterocycles. The highest BCUT2D eigenvalue weighted by Crippen LogP contribution is 2.11. The molecule has 0 unspecified atom stereocenters. The molecule has 0 heterocycles. The van der Waals surface area contributed by atoms with Crippen LogP contribution in [0.4, 0.5) is 0 Å². The number of nitrogens with one attached hydrogen (secondary N) is 1. The molecule has 1 atom stereocenters. The number of benzene rings is 1. The number of hydrogen-bond donors (Lipinski definition) is 1. The predicted octanol–water partition coefficient (Wildman–Crippen LogP) is 2.85. The Morgan fingerprint density at radius 1 is 1.39 bits per heavy atom. The summed E-state index contributed by atoms with van der Waals surface area (Å²) in [5, 5.41) is 4.10. The second-order valence-electron chi connectivity index (χ2n) is 4.23. The highest BCUT2D eigenvalue weighted by atomic mass is 16.5. The fourth-order valence-electron chi connectivity index (χ4n) is 1.35. The topological polar surface area (TPSA) is 50.7 Å². The van der Waals surface area contributed by atoms with E-state index in [2.05, 4.69) is 24.4 Å². The summed E-state index contributed by atoms with van der Waals surface area (Å²) in [5.41, 5.74) is 4.06. The molecule has 0 fully saturated rings. The Hall–Kier alpha value is -1.84. The molecule has 1 aromatic rings. The number of nitrogens with zero attached hydrogens (tertiary/aromatic N) is 1. The largest absolute Gasteiger partial charge is 0.497 e. The predicted molar refractivity (Wildman–Crippen MR) is 73.0 cm³/mol. The summed E-state index contributed by atoms with van der Waals surface area (Å²) < 4.78 is 5.03. The molecule has 4 heteroatoms. The Morgan fingerprint density at radius 2 is 2.00 bits per heavy atom. The smallest absolute Gasteiger partial charge is 0.271 e. The summed E-state index contributed by atoms with van der Waals surface area (Å²) in [6.45, 7) is 6.09. The van der Waals surface area contributed by atoms with Crippen molar-refractivity contribution < 1.29 is 9.53 Å². The van der Waals surface area contributed by atoms with Crippen LogP contribution in [-0.4, -0.2) is 18.7 Å². The van der Waals surface area contributed by atoms with E-state index in [1.165, 1.54) is 0 Å². The van der Waals surface area contributed by atoms with Crippen molar-refractivity contribution in [3.63, 3.8) is 0 Å². The highest BCUT2D eigenvalue weighted by Gasteiger charge is 2.06. The Labute approximate surface area is 108 Å². The second-order valence-corrected chi connectivity index (χ2v) is 4.23. The molecule has 18 heavy (non-hydrogen) atoms. The van der Waals surface area contributed by atoms with Crippen molar-refractivity contribution in [2.75, 3.05) is 7.11 Å². The lowest BCUT2D eigenvalue weighted by atomic mass is 10.1. The zero-order valence-electron chi connectivity index (χ0n) is 11.4. The maximum Gasteiger partial charge on any atom is 0.271 e. The summed E-state index contributed by atoms with van der Waals surface area (Å²) in [6, 6.07) is 6.92. The molecule has 0 aliphatic rings. The fraction of sp³-hybridized carbons (Fsp3) is 0.429. The first-order valence-electron chi connectivity index (χ1n) is 6.07. The van der Waals surface area contributed by atoms with Gasteiger partial charge in [-0.3, -0.25) is 4.79 Å². The molecule has 0 radical (unpaired) electrons. The van der Waals surface area contributed by atoms with E-state index >= 15 is 0 Å². The number of ether oxygens (including phenoxy) is 1. The third-order valence-corrected chi connectivity index (χ3v) is 3.01. The zero-order chi connectivity index (χ0) is 13.5. The van der Waals surface area contributed by atoms with Crippen LogP contribution in [0.2, 0.25) is 0 Å². The molecule has 1 rings (SSSR count). The van der Waals surface area contributed by atoms with E-state index in [0.717, 1.165) is 17.9 Å². The number of carbonyl (C=O) groups is 1. The zero-order valence-corrected chi connectivity index (χ0v) is 11.4. The standard InChI is InChI=1S/C14H20N2O2/c1-5-10(2)11(3)15-16-14(17)12-6-8-13(18-4)9-7-12/h6-10H,5H2,1-4H3,(H,16,17)/b15-11-/t10-/m0/s1. The maximum absolute atomic E-state index is 11.8. The SMILES string of the molecule is CC[C@H](C)/C(C)=N\NC(=O)c1ccc(OC)cc1. The van der Waals surface area contributed by atoms with Gasteiger partial charge in [0.1, 0.15) is 5.75 Å². The minimum atomic E-state index is -0.208. The minimum Gasteiger partial charge on any atom is -0.497 e. The normalized spacial score (nSPS) is 13.0. The first kappa shape index (κ1) is 14.2. The molecule has 0 aliphatic heterocycles. The number of hydrazone groups is 1. The van der Waals surface area contributed by atoms with Gasteiger partial charge in [0.2, 0.25) is 0 Å².